The van der Waals surface area contributed by atoms with E-state index in [0.717, 1.165) is 16.8 Å². The Morgan fingerprint density at radius 2 is 1.74 bits per heavy atom. The zero-order chi connectivity index (χ0) is 16.2. The number of pyridine rings is 2. The minimum Gasteiger partial charge on any atom is -0.481 e. The van der Waals surface area contributed by atoms with E-state index in [4.69, 9.17) is 4.74 Å². The minimum atomic E-state index is -2.66. The molecule has 1 aromatic carbocycles. The van der Waals surface area contributed by atoms with Gasteiger partial charge in [-0.1, -0.05) is 0 Å². The van der Waals surface area contributed by atoms with Crippen molar-refractivity contribution in [2.75, 3.05) is 17.1 Å². The van der Waals surface area contributed by atoms with Gasteiger partial charge in [0.25, 0.3) is 0 Å². The van der Waals surface area contributed by atoms with Crippen molar-refractivity contribution in [2.45, 2.75) is 0 Å². The number of anilines is 3. The first kappa shape index (κ1) is 15.0. The van der Waals surface area contributed by atoms with Crippen molar-refractivity contribution in [1.82, 2.24) is 9.97 Å². The summed E-state index contributed by atoms with van der Waals surface area (Å²) < 4.78 is 28.7. The number of thiol groups is 1. The monoisotopic (exact) mass is 330 g/mol. The average molecular weight is 330 g/mol. The van der Waals surface area contributed by atoms with Crippen LogP contribution in [0.15, 0.2) is 48.7 Å². The fourth-order valence-electron chi connectivity index (χ4n) is 2.12. The van der Waals surface area contributed by atoms with E-state index in [1.807, 2.05) is 12.1 Å². The molecule has 8 heteroatoms. The largest absolute Gasteiger partial charge is 0.481 e. The van der Waals surface area contributed by atoms with Gasteiger partial charge in [0, 0.05) is 29.0 Å². The van der Waals surface area contributed by atoms with Crippen molar-refractivity contribution in [3.05, 3.63) is 48.7 Å². The molecule has 2 aromatic heterocycles. The van der Waals surface area contributed by atoms with Gasteiger partial charge in [0.2, 0.25) is 16.8 Å². The van der Waals surface area contributed by atoms with Crippen LogP contribution < -0.4 is 14.8 Å². The summed E-state index contributed by atoms with van der Waals surface area (Å²) in [6, 6.07) is 12.4. The van der Waals surface area contributed by atoms with Gasteiger partial charge in [0.05, 0.1) is 12.8 Å². The van der Waals surface area contributed by atoms with Gasteiger partial charge >= 0.3 is 0 Å². The van der Waals surface area contributed by atoms with Crippen LogP contribution in [0.25, 0.3) is 11.0 Å². The van der Waals surface area contributed by atoms with Gasteiger partial charge in [-0.2, -0.15) is 4.98 Å². The highest BCUT2D eigenvalue weighted by Gasteiger charge is 2.05. The van der Waals surface area contributed by atoms with Crippen LogP contribution in [0.4, 0.5) is 17.1 Å². The third kappa shape index (κ3) is 3.49. The topological polar surface area (TPSA) is 93.2 Å². The Morgan fingerprint density at radius 1 is 1.00 bits per heavy atom. The zero-order valence-corrected chi connectivity index (χ0v) is 13.1. The second-order valence-electron chi connectivity index (χ2n) is 4.65. The summed E-state index contributed by atoms with van der Waals surface area (Å²) in [5.74, 6) is 0.504. The van der Waals surface area contributed by atoms with Crippen molar-refractivity contribution in [3.8, 4) is 5.88 Å². The van der Waals surface area contributed by atoms with E-state index in [9.17, 15) is 8.42 Å². The number of rotatable bonds is 5. The zero-order valence-electron chi connectivity index (χ0n) is 12.2. The molecule has 0 saturated carbocycles. The average Bonchev–Trinajstić information content (AvgIpc) is 2.56. The number of methoxy groups -OCH3 is 1. The normalized spacial score (nSPS) is 10.7. The summed E-state index contributed by atoms with van der Waals surface area (Å²) >= 11 is 0. The van der Waals surface area contributed by atoms with Crippen molar-refractivity contribution < 1.29 is 13.2 Å². The van der Waals surface area contributed by atoms with Crippen LogP contribution in [0, 0.1) is 0 Å². The van der Waals surface area contributed by atoms with E-state index >= 15 is 0 Å². The maximum Gasteiger partial charge on any atom is 0.222 e. The van der Waals surface area contributed by atoms with Crippen LogP contribution in [-0.4, -0.2) is 25.5 Å². The fourth-order valence-corrected chi connectivity index (χ4v) is 2.48. The smallest absolute Gasteiger partial charge is 0.222 e. The van der Waals surface area contributed by atoms with Crippen molar-refractivity contribution in [3.63, 3.8) is 0 Å². The van der Waals surface area contributed by atoms with Crippen LogP contribution in [0.1, 0.15) is 0 Å². The van der Waals surface area contributed by atoms with Gasteiger partial charge in [0.15, 0.2) is 5.65 Å². The SMILES string of the molecule is COc1ccc2c(Nc3ccc(N[SH](=O)=O)cc3)ccnc2n1. The Hall–Kier alpha value is -2.87. The first-order valence-electron chi connectivity index (χ1n) is 6.73. The van der Waals surface area contributed by atoms with Crippen LogP contribution in [-0.2, 0) is 10.9 Å². The maximum absolute atomic E-state index is 10.6. The second kappa shape index (κ2) is 6.49. The molecule has 0 radical (unpaired) electrons. The molecule has 0 unspecified atom stereocenters. The number of nitrogens with one attached hydrogen (secondary N) is 2. The van der Waals surface area contributed by atoms with Gasteiger partial charge in [-0.05, 0) is 36.4 Å². The Kier molecular flexibility index (Phi) is 4.24. The summed E-state index contributed by atoms with van der Waals surface area (Å²) in [6.07, 6.45) is 1.66. The minimum absolute atomic E-state index is 0.504. The van der Waals surface area contributed by atoms with E-state index in [2.05, 4.69) is 20.0 Å². The number of hydrogen-bond acceptors (Lipinski definition) is 6. The molecule has 0 spiro atoms. The molecule has 0 saturated heterocycles. The molecule has 0 aliphatic heterocycles. The Labute approximate surface area is 134 Å². The van der Waals surface area contributed by atoms with E-state index < -0.39 is 10.9 Å². The summed E-state index contributed by atoms with van der Waals surface area (Å²) in [6.45, 7) is 0. The first-order valence-corrected chi connectivity index (χ1v) is 7.91. The number of fused-ring (bicyclic) bond motifs is 1. The van der Waals surface area contributed by atoms with E-state index in [1.165, 1.54) is 0 Å². The molecule has 23 heavy (non-hydrogen) atoms. The molecule has 7 nitrogen and oxygen atoms in total. The molecule has 3 aromatic rings. The van der Waals surface area contributed by atoms with E-state index in [0.29, 0.717) is 17.2 Å². The van der Waals surface area contributed by atoms with Crippen molar-refractivity contribution in [1.29, 1.82) is 0 Å². The summed E-state index contributed by atoms with van der Waals surface area (Å²) in [4.78, 5) is 8.52. The molecular formula is C15H14N4O3S. The molecule has 0 aliphatic carbocycles. The molecule has 2 heterocycles. The molecule has 2 N–H and O–H groups in total. The first-order chi connectivity index (χ1) is 11.2. The predicted molar refractivity (Wildman–Crippen MR) is 89.8 cm³/mol. The molecular weight excluding hydrogens is 316 g/mol. The van der Waals surface area contributed by atoms with Gasteiger partial charge in [-0.25, -0.2) is 13.4 Å². The van der Waals surface area contributed by atoms with E-state index in [-0.39, 0.29) is 0 Å². The number of nitrogens with zero attached hydrogens (tertiary/aromatic N) is 2. The van der Waals surface area contributed by atoms with Gasteiger partial charge in [-0.3, -0.25) is 4.72 Å². The quantitative estimate of drug-likeness (QED) is 0.622. The lowest BCUT2D eigenvalue weighted by atomic mass is 10.2. The lowest BCUT2D eigenvalue weighted by Gasteiger charge is -2.10. The number of ether oxygens (including phenoxy) is 1. The maximum atomic E-state index is 10.6. The standard InChI is InChI=1S/C15H14N4O3S/c1-22-14-7-6-12-13(8-9-16-15(12)18-14)17-10-2-4-11(5-3-10)19-23(20)21/h2-9,23H,1H3,(H,16,17,18)(H,19,20,21). The molecule has 0 fully saturated rings. The van der Waals surface area contributed by atoms with Crippen LogP contribution in [0.3, 0.4) is 0 Å². The third-order valence-electron chi connectivity index (χ3n) is 3.17. The van der Waals surface area contributed by atoms with Gasteiger partial charge < -0.3 is 10.1 Å². The Bertz CT molecular complexity index is 902. The second-order valence-corrected chi connectivity index (χ2v) is 5.39. The molecule has 0 aliphatic rings. The predicted octanol–water partition coefficient (Wildman–Crippen LogP) is 2.32. The fraction of sp³-hybridized carbons (Fsp3) is 0.0667. The van der Waals surface area contributed by atoms with Gasteiger partial charge in [-0.15, -0.1) is 0 Å². The van der Waals surface area contributed by atoms with Crippen LogP contribution in [0.5, 0.6) is 5.88 Å². The lowest BCUT2D eigenvalue weighted by molar-refractivity contribution is 0.399. The summed E-state index contributed by atoms with van der Waals surface area (Å²) in [7, 11) is -1.10. The Morgan fingerprint density at radius 3 is 2.43 bits per heavy atom. The number of aromatic nitrogens is 2. The number of hydrogen-bond donors (Lipinski definition) is 3. The van der Waals surface area contributed by atoms with Crippen LogP contribution in [0.2, 0.25) is 0 Å². The highest BCUT2D eigenvalue weighted by atomic mass is 32.2. The molecule has 0 atom stereocenters. The Balaban J connectivity index is 1.89. The summed E-state index contributed by atoms with van der Waals surface area (Å²) in [5, 5.41) is 4.12. The van der Waals surface area contributed by atoms with Crippen LogP contribution >= 0.6 is 0 Å². The number of benzene rings is 1. The molecule has 118 valence electrons. The highest BCUT2D eigenvalue weighted by Crippen LogP contribution is 2.26. The van der Waals surface area contributed by atoms with Crippen molar-refractivity contribution >= 4 is 39.0 Å². The third-order valence-corrected chi connectivity index (χ3v) is 3.61. The highest BCUT2D eigenvalue weighted by molar-refractivity contribution is 7.73. The van der Waals surface area contributed by atoms with Crippen molar-refractivity contribution in [2.24, 2.45) is 0 Å². The lowest BCUT2D eigenvalue weighted by Crippen LogP contribution is -1.97. The van der Waals surface area contributed by atoms with E-state index in [1.54, 1.807) is 43.6 Å². The molecule has 3 rings (SSSR count). The molecule has 0 amide bonds. The molecule has 0 bridgehead atoms. The van der Waals surface area contributed by atoms with Gasteiger partial charge in [0.1, 0.15) is 0 Å². The summed E-state index contributed by atoms with van der Waals surface area (Å²) in [5.41, 5.74) is 2.76.